The molecule has 1 heterocycles. The fourth-order valence-corrected chi connectivity index (χ4v) is 3.75. The number of aryl methyl sites for hydroxylation is 1. The summed E-state index contributed by atoms with van der Waals surface area (Å²) in [5, 5.41) is 10.0. The topological polar surface area (TPSA) is 86.3 Å². The molecule has 0 amide bonds. The number of aromatic amines is 1. The number of aliphatic hydroxyl groups is 1. The van der Waals surface area contributed by atoms with Crippen LogP contribution in [0, 0.1) is 6.92 Å². The number of imidazole rings is 1. The van der Waals surface area contributed by atoms with Crippen molar-refractivity contribution in [2.75, 3.05) is 7.05 Å². The van der Waals surface area contributed by atoms with Gasteiger partial charge in [-0.25, -0.2) is 13.4 Å². The molecule has 0 aliphatic heterocycles. The first-order chi connectivity index (χ1) is 8.43. The van der Waals surface area contributed by atoms with Gasteiger partial charge < -0.3 is 10.1 Å². The van der Waals surface area contributed by atoms with Crippen LogP contribution >= 0.6 is 0 Å². The van der Waals surface area contributed by atoms with Crippen LogP contribution in [-0.2, 0) is 10.0 Å². The molecule has 7 heteroatoms. The first-order valence-corrected chi connectivity index (χ1v) is 7.54. The first kappa shape index (κ1) is 13.5. The lowest BCUT2D eigenvalue weighted by Gasteiger charge is -2.33. The van der Waals surface area contributed by atoms with Gasteiger partial charge in [-0.1, -0.05) is 12.8 Å². The number of hydrogen-bond donors (Lipinski definition) is 2. The average molecular weight is 273 g/mol. The Labute approximate surface area is 107 Å². The Morgan fingerprint density at radius 1 is 1.44 bits per heavy atom. The van der Waals surface area contributed by atoms with E-state index in [1.807, 2.05) is 0 Å². The van der Waals surface area contributed by atoms with Crippen LogP contribution in [0.2, 0.25) is 0 Å². The molecule has 1 aliphatic carbocycles. The Kier molecular flexibility index (Phi) is 3.74. The quantitative estimate of drug-likeness (QED) is 0.846. The van der Waals surface area contributed by atoms with E-state index < -0.39 is 16.1 Å². The van der Waals surface area contributed by atoms with Crippen molar-refractivity contribution in [3.05, 3.63) is 12.0 Å². The maximum absolute atomic E-state index is 12.3. The Hall–Kier alpha value is -0.920. The van der Waals surface area contributed by atoms with Crippen molar-refractivity contribution in [3.8, 4) is 0 Å². The highest BCUT2D eigenvalue weighted by molar-refractivity contribution is 7.89. The molecule has 1 aromatic heterocycles. The molecule has 0 radical (unpaired) electrons. The number of aliphatic hydroxyl groups excluding tert-OH is 1. The van der Waals surface area contributed by atoms with Gasteiger partial charge >= 0.3 is 0 Å². The molecule has 1 fully saturated rings. The number of nitrogens with zero attached hydrogens (tertiary/aromatic N) is 2. The van der Waals surface area contributed by atoms with Gasteiger partial charge in [-0.3, -0.25) is 0 Å². The number of sulfonamides is 1. The molecule has 0 bridgehead atoms. The Morgan fingerprint density at radius 2 is 2.11 bits per heavy atom. The monoisotopic (exact) mass is 273 g/mol. The minimum Gasteiger partial charge on any atom is -0.391 e. The molecule has 0 saturated heterocycles. The molecule has 1 aromatic rings. The summed E-state index contributed by atoms with van der Waals surface area (Å²) < 4.78 is 25.9. The minimum atomic E-state index is -3.60. The van der Waals surface area contributed by atoms with Crippen LogP contribution in [0.1, 0.15) is 31.5 Å². The van der Waals surface area contributed by atoms with Gasteiger partial charge in [0.2, 0.25) is 0 Å². The lowest BCUT2D eigenvalue weighted by Crippen LogP contribution is -2.46. The van der Waals surface area contributed by atoms with E-state index in [0.717, 1.165) is 12.8 Å². The van der Waals surface area contributed by atoms with E-state index >= 15 is 0 Å². The summed E-state index contributed by atoms with van der Waals surface area (Å²) >= 11 is 0. The molecule has 18 heavy (non-hydrogen) atoms. The van der Waals surface area contributed by atoms with Gasteiger partial charge in [0, 0.05) is 7.05 Å². The van der Waals surface area contributed by atoms with Crippen LogP contribution in [0.5, 0.6) is 0 Å². The lowest BCUT2D eigenvalue weighted by molar-refractivity contribution is 0.0637. The average Bonchev–Trinajstić information content (AvgIpc) is 2.76. The number of nitrogens with one attached hydrogen (secondary N) is 1. The lowest BCUT2D eigenvalue weighted by atomic mass is 9.93. The van der Waals surface area contributed by atoms with Crippen LogP contribution in [0.4, 0.5) is 0 Å². The van der Waals surface area contributed by atoms with Crippen LogP contribution in [0.3, 0.4) is 0 Å². The van der Waals surface area contributed by atoms with E-state index in [1.54, 1.807) is 6.92 Å². The maximum atomic E-state index is 12.3. The molecule has 102 valence electrons. The largest absolute Gasteiger partial charge is 0.391 e. The smallest absolute Gasteiger partial charge is 0.260 e. The predicted molar refractivity (Wildman–Crippen MR) is 66.5 cm³/mol. The van der Waals surface area contributed by atoms with E-state index in [2.05, 4.69) is 9.97 Å². The molecular formula is C11H19N3O3S. The second-order valence-corrected chi connectivity index (χ2v) is 6.74. The fourth-order valence-electron chi connectivity index (χ4n) is 2.38. The van der Waals surface area contributed by atoms with Gasteiger partial charge in [-0.15, -0.1) is 0 Å². The molecule has 2 rings (SSSR count). The van der Waals surface area contributed by atoms with Crippen molar-refractivity contribution < 1.29 is 13.5 Å². The summed E-state index contributed by atoms with van der Waals surface area (Å²) in [7, 11) is -2.08. The minimum absolute atomic E-state index is 0.0836. The maximum Gasteiger partial charge on any atom is 0.260 e. The van der Waals surface area contributed by atoms with E-state index in [1.165, 1.54) is 17.5 Å². The van der Waals surface area contributed by atoms with Crippen LogP contribution in [-0.4, -0.2) is 47.0 Å². The first-order valence-electron chi connectivity index (χ1n) is 6.10. The second kappa shape index (κ2) is 4.99. The highest BCUT2D eigenvalue weighted by Gasteiger charge is 2.34. The summed E-state index contributed by atoms with van der Waals surface area (Å²) in [6.45, 7) is 1.70. The normalized spacial score (nSPS) is 25.6. The number of hydrogen-bond acceptors (Lipinski definition) is 4. The van der Waals surface area contributed by atoms with E-state index in [4.69, 9.17) is 0 Å². The third-order valence-corrected chi connectivity index (χ3v) is 5.29. The molecule has 1 saturated carbocycles. The van der Waals surface area contributed by atoms with Gasteiger partial charge in [0.15, 0.2) is 5.03 Å². The molecule has 2 N–H and O–H groups in total. The third-order valence-electron chi connectivity index (χ3n) is 3.50. The molecule has 6 nitrogen and oxygen atoms in total. The summed E-state index contributed by atoms with van der Waals surface area (Å²) in [5.41, 5.74) is 0. The van der Waals surface area contributed by atoms with Crippen molar-refractivity contribution >= 4 is 10.0 Å². The van der Waals surface area contributed by atoms with Crippen molar-refractivity contribution in [1.82, 2.24) is 14.3 Å². The van der Waals surface area contributed by atoms with Crippen LogP contribution < -0.4 is 0 Å². The highest BCUT2D eigenvalue weighted by Crippen LogP contribution is 2.26. The SMILES string of the molecule is Cc1ncc(S(=O)(=O)N(C)C2CCCCC2O)[nH]1. The van der Waals surface area contributed by atoms with Gasteiger partial charge in [0.25, 0.3) is 10.0 Å². The summed E-state index contributed by atoms with van der Waals surface area (Å²) in [4.78, 5) is 6.63. The zero-order chi connectivity index (χ0) is 13.3. The molecule has 2 unspecified atom stereocenters. The molecule has 2 atom stereocenters. The van der Waals surface area contributed by atoms with E-state index in [-0.39, 0.29) is 11.1 Å². The molecule has 0 spiro atoms. The zero-order valence-corrected chi connectivity index (χ0v) is 11.4. The summed E-state index contributed by atoms with van der Waals surface area (Å²) in [6.07, 6.45) is 3.99. The second-order valence-electron chi connectivity index (χ2n) is 4.77. The van der Waals surface area contributed by atoms with Gasteiger partial charge in [0.05, 0.1) is 18.3 Å². The Bertz CT molecular complexity index is 511. The van der Waals surface area contributed by atoms with Crippen LogP contribution in [0.15, 0.2) is 11.2 Å². The molecule has 0 aromatic carbocycles. The third kappa shape index (κ3) is 2.43. The van der Waals surface area contributed by atoms with Gasteiger partial charge in [-0.05, 0) is 19.8 Å². The standard InChI is InChI=1S/C11H19N3O3S/c1-8-12-7-11(13-8)18(16,17)14(2)9-5-3-4-6-10(9)15/h7,9-10,15H,3-6H2,1-2H3,(H,12,13). The predicted octanol–water partition coefficient (Wildman–Crippen LogP) is 0.642. The summed E-state index contributed by atoms with van der Waals surface area (Å²) in [5.74, 6) is 0.561. The number of aromatic nitrogens is 2. The number of rotatable bonds is 3. The van der Waals surface area contributed by atoms with Crippen LogP contribution in [0.25, 0.3) is 0 Å². The Balaban J connectivity index is 2.24. The Morgan fingerprint density at radius 3 is 2.67 bits per heavy atom. The van der Waals surface area contributed by atoms with Crippen molar-refractivity contribution in [2.24, 2.45) is 0 Å². The highest BCUT2D eigenvalue weighted by atomic mass is 32.2. The molecular weight excluding hydrogens is 254 g/mol. The van der Waals surface area contributed by atoms with Gasteiger partial charge in [-0.2, -0.15) is 4.31 Å². The summed E-state index contributed by atoms with van der Waals surface area (Å²) in [6, 6.07) is -0.340. The van der Waals surface area contributed by atoms with Crippen molar-refractivity contribution in [1.29, 1.82) is 0 Å². The van der Waals surface area contributed by atoms with Gasteiger partial charge in [0.1, 0.15) is 5.82 Å². The van der Waals surface area contributed by atoms with Crippen molar-refractivity contribution in [3.63, 3.8) is 0 Å². The fraction of sp³-hybridized carbons (Fsp3) is 0.727. The zero-order valence-electron chi connectivity index (χ0n) is 10.6. The van der Waals surface area contributed by atoms with Crippen molar-refractivity contribution in [2.45, 2.75) is 49.8 Å². The van der Waals surface area contributed by atoms with E-state index in [0.29, 0.717) is 18.7 Å². The number of H-pyrrole nitrogens is 1. The molecule has 1 aliphatic rings. The number of likely N-dealkylation sites (N-methyl/N-ethyl adjacent to an activating group) is 1. The van der Waals surface area contributed by atoms with E-state index in [9.17, 15) is 13.5 Å².